The Kier molecular flexibility index (Phi) is 8.13. The van der Waals surface area contributed by atoms with Gasteiger partial charge in [0, 0.05) is 20.2 Å². The number of anilines is 1. The first-order valence-electron chi connectivity index (χ1n) is 10.8. The molecule has 33 heavy (non-hydrogen) atoms. The number of hydrogen-bond donors (Lipinski definition) is 1. The maximum atomic E-state index is 14.2. The molecule has 0 aliphatic carbocycles. The molecule has 1 aromatic heterocycles. The number of methoxy groups -OCH3 is 1. The van der Waals surface area contributed by atoms with Crippen LogP contribution >= 0.6 is 0 Å². The van der Waals surface area contributed by atoms with Crippen LogP contribution in [-0.4, -0.2) is 66.3 Å². The van der Waals surface area contributed by atoms with Crippen LogP contribution in [0.1, 0.15) is 18.8 Å². The Hall–Kier alpha value is -3.30. The number of nitrogens with one attached hydrogen (secondary N) is 1. The third kappa shape index (κ3) is 5.74. The highest BCUT2D eigenvalue weighted by molar-refractivity contribution is 5.89. The molecule has 2 aromatic carbocycles. The van der Waals surface area contributed by atoms with Crippen molar-refractivity contribution in [1.82, 2.24) is 19.4 Å². The van der Waals surface area contributed by atoms with Gasteiger partial charge in [0.05, 0.1) is 35.8 Å². The fourth-order valence-electron chi connectivity index (χ4n) is 3.57. The molecule has 3 rings (SSSR count). The van der Waals surface area contributed by atoms with Gasteiger partial charge in [0.15, 0.2) is 0 Å². The first-order valence-corrected chi connectivity index (χ1v) is 10.8. The van der Waals surface area contributed by atoms with Crippen LogP contribution in [0.3, 0.4) is 0 Å². The molecule has 0 bridgehead atoms. The summed E-state index contributed by atoms with van der Waals surface area (Å²) < 4.78 is 20.9. The number of aromatic nitrogens is 2. The standard InChI is InChI=1S/C24H30FN5O3/c1-17(22-26-20-11-7-5-9-18(20)23(31)30(22)15-16-33-4)29(14-13-28(2)3)24(32)27-21-12-8-6-10-19(21)25/h5-12,17H,13-16H2,1-4H3,(H,27,32). The number of likely N-dealkylation sites (N-methyl/N-ethyl adjacent to an activating group) is 1. The normalized spacial score (nSPS) is 12.2. The number of nitrogens with zero attached hydrogens (tertiary/aromatic N) is 4. The van der Waals surface area contributed by atoms with Gasteiger partial charge in [-0.1, -0.05) is 24.3 Å². The van der Waals surface area contributed by atoms with Crippen molar-refractivity contribution >= 4 is 22.6 Å². The summed E-state index contributed by atoms with van der Waals surface area (Å²) in [5, 5.41) is 3.15. The van der Waals surface area contributed by atoms with Crippen molar-refractivity contribution in [3.05, 3.63) is 70.5 Å². The SMILES string of the molecule is COCCn1c(C(C)N(CCN(C)C)C(=O)Nc2ccccc2F)nc2ccccc2c1=O. The van der Waals surface area contributed by atoms with E-state index in [1.807, 2.05) is 32.0 Å². The summed E-state index contributed by atoms with van der Waals surface area (Å²) in [7, 11) is 5.37. The maximum Gasteiger partial charge on any atom is 0.322 e. The van der Waals surface area contributed by atoms with Crippen LogP contribution in [0.2, 0.25) is 0 Å². The van der Waals surface area contributed by atoms with Gasteiger partial charge in [-0.15, -0.1) is 0 Å². The number of benzene rings is 2. The second kappa shape index (κ2) is 11.0. The van der Waals surface area contributed by atoms with Crippen LogP contribution in [0.5, 0.6) is 0 Å². The Morgan fingerprint density at radius 1 is 1.15 bits per heavy atom. The predicted molar refractivity (Wildman–Crippen MR) is 127 cm³/mol. The zero-order valence-electron chi connectivity index (χ0n) is 19.4. The minimum Gasteiger partial charge on any atom is -0.383 e. The number of carbonyl (C=O) groups is 1. The molecule has 3 aromatic rings. The van der Waals surface area contributed by atoms with E-state index in [1.165, 1.54) is 12.1 Å². The zero-order chi connectivity index (χ0) is 24.0. The number of halogens is 1. The first kappa shape index (κ1) is 24.3. The number of para-hydroxylation sites is 2. The van der Waals surface area contributed by atoms with Gasteiger partial charge < -0.3 is 19.9 Å². The lowest BCUT2D eigenvalue weighted by atomic mass is 10.2. The number of urea groups is 1. The molecular weight excluding hydrogens is 425 g/mol. The van der Waals surface area contributed by atoms with Gasteiger partial charge >= 0.3 is 6.03 Å². The molecule has 2 amide bonds. The van der Waals surface area contributed by atoms with Crippen molar-refractivity contribution in [2.45, 2.75) is 19.5 Å². The minimum atomic E-state index is -0.564. The van der Waals surface area contributed by atoms with E-state index >= 15 is 0 Å². The van der Waals surface area contributed by atoms with Gasteiger partial charge in [0.1, 0.15) is 11.6 Å². The fourth-order valence-corrected chi connectivity index (χ4v) is 3.57. The van der Waals surface area contributed by atoms with E-state index in [0.717, 1.165) is 0 Å². The van der Waals surface area contributed by atoms with E-state index in [4.69, 9.17) is 9.72 Å². The highest BCUT2D eigenvalue weighted by Crippen LogP contribution is 2.22. The number of ether oxygens (including phenoxy) is 1. The number of rotatable bonds is 9. The molecule has 0 saturated heterocycles. The van der Waals surface area contributed by atoms with E-state index in [1.54, 1.807) is 46.9 Å². The number of fused-ring (bicyclic) bond motifs is 1. The molecule has 1 unspecified atom stereocenters. The Bertz CT molecular complexity index is 1160. The van der Waals surface area contributed by atoms with Crippen LogP contribution < -0.4 is 10.9 Å². The Morgan fingerprint density at radius 2 is 1.85 bits per heavy atom. The summed E-state index contributed by atoms with van der Waals surface area (Å²) in [5.41, 5.74) is 0.453. The predicted octanol–water partition coefficient (Wildman–Crippen LogP) is 3.34. The largest absolute Gasteiger partial charge is 0.383 e. The fraction of sp³-hybridized carbons (Fsp3) is 0.375. The lowest BCUT2D eigenvalue weighted by Gasteiger charge is -2.31. The van der Waals surface area contributed by atoms with Crippen LogP contribution in [-0.2, 0) is 11.3 Å². The topological polar surface area (TPSA) is 79.7 Å². The second-order valence-electron chi connectivity index (χ2n) is 8.02. The van der Waals surface area contributed by atoms with Gasteiger partial charge in [-0.05, 0) is 45.3 Å². The highest BCUT2D eigenvalue weighted by Gasteiger charge is 2.27. The lowest BCUT2D eigenvalue weighted by Crippen LogP contribution is -2.43. The van der Waals surface area contributed by atoms with Crippen molar-refractivity contribution in [2.75, 3.05) is 46.2 Å². The van der Waals surface area contributed by atoms with Crippen LogP contribution in [0.25, 0.3) is 10.9 Å². The third-order valence-corrected chi connectivity index (χ3v) is 5.42. The molecule has 0 saturated carbocycles. The summed E-state index contributed by atoms with van der Waals surface area (Å²) in [4.78, 5) is 34.8. The second-order valence-corrected chi connectivity index (χ2v) is 8.02. The Balaban J connectivity index is 2.04. The van der Waals surface area contributed by atoms with Crippen molar-refractivity contribution in [3.8, 4) is 0 Å². The van der Waals surface area contributed by atoms with E-state index in [9.17, 15) is 14.0 Å². The Labute approximate surface area is 192 Å². The van der Waals surface area contributed by atoms with Crippen LogP contribution in [0, 0.1) is 5.82 Å². The zero-order valence-corrected chi connectivity index (χ0v) is 19.4. The summed E-state index contributed by atoms with van der Waals surface area (Å²) in [5.74, 6) is -0.0786. The molecule has 0 aliphatic heterocycles. The third-order valence-electron chi connectivity index (χ3n) is 5.42. The van der Waals surface area contributed by atoms with Gasteiger partial charge in [-0.3, -0.25) is 9.36 Å². The summed E-state index contributed by atoms with van der Waals surface area (Å²) in [6.45, 7) is 3.35. The van der Waals surface area contributed by atoms with Crippen LogP contribution in [0.15, 0.2) is 53.3 Å². The summed E-state index contributed by atoms with van der Waals surface area (Å²) in [6, 6.07) is 12.1. The average molecular weight is 456 g/mol. The van der Waals surface area contributed by atoms with E-state index in [0.29, 0.717) is 43.0 Å². The quantitative estimate of drug-likeness (QED) is 0.535. The number of amides is 2. The number of carbonyl (C=O) groups excluding carboxylic acids is 1. The smallest absolute Gasteiger partial charge is 0.322 e. The van der Waals surface area contributed by atoms with Crippen molar-refractivity contribution in [3.63, 3.8) is 0 Å². The van der Waals surface area contributed by atoms with Gasteiger partial charge in [-0.2, -0.15) is 0 Å². The molecule has 176 valence electrons. The van der Waals surface area contributed by atoms with Crippen molar-refractivity contribution in [2.24, 2.45) is 0 Å². The van der Waals surface area contributed by atoms with Crippen molar-refractivity contribution < 1.29 is 13.9 Å². The number of hydrogen-bond acceptors (Lipinski definition) is 5. The summed E-state index contributed by atoms with van der Waals surface area (Å²) >= 11 is 0. The molecule has 0 spiro atoms. The van der Waals surface area contributed by atoms with Crippen LogP contribution in [0.4, 0.5) is 14.9 Å². The van der Waals surface area contributed by atoms with E-state index in [-0.39, 0.29) is 11.2 Å². The first-order chi connectivity index (χ1) is 15.8. The molecular formula is C24H30FN5O3. The minimum absolute atomic E-state index is 0.0906. The molecule has 8 nitrogen and oxygen atoms in total. The van der Waals surface area contributed by atoms with Gasteiger partial charge in [0.25, 0.3) is 5.56 Å². The highest BCUT2D eigenvalue weighted by atomic mass is 19.1. The maximum absolute atomic E-state index is 14.2. The van der Waals surface area contributed by atoms with Gasteiger partial charge in [0.2, 0.25) is 0 Å². The molecule has 9 heteroatoms. The molecule has 1 heterocycles. The average Bonchev–Trinajstić information content (AvgIpc) is 2.79. The van der Waals surface area contributed by atoms with E-state index < -0.39 is 17.9 Å². The molecule has 0 fully saturated rings. The molecule has 1 atom stereocenters. The summed E-state index contributed by atoms with van der Waals surface area (Å²) in [6.07, 6.45) is 0. The Morgan fingerprint density at radius 3 is 2.55 bits per heavy atom. The molecule has 1 N–H and O–H groups in total. The molecule has 0 aliphatic rings. The van der Waals surface area contributed by atoms with Crippen molar-refractivity contribution in [1.29, 1.82) is 0 Å². The molecule has 0 radical (unpaired) electrons. The monoisotopic (exact) mass is 455 g/mol. The lowest BCUT2D eigenvalue weighted by molar-refractivity contribution is 0.170. The van der Waals surface area contributed by atoms with Gasteiger partial charge in [-0.25, -0.2) is 14.2 Å². The van der Waals surface area contributed by atoms with E-state index in [2.05, 4.69) is 5.32 Å².